The van der Waals surface area contributed by atoms with Crippen molar-refractivity contribution in [2.24, 2.45) is 0 Å². The van der Waals surface area contributed by atoms with Gasteiger partial charge in [0, 0.05) is 20.0 Å². The third-order valence-corrected chi connectivity index (χ3v) is 4.94. The molecule has 2 unspecified atom stereocenters. The minimum absolute atomic E-state index is 0.178. The number of carbonyl (C=O) groups excluding carboxylic acids is 1. The minimum Gasteiger partial charge on any atom is -0.444 e. The van der Waals surface area contributed by atoms with Crippen LogP contribution in [0.25, 0.3) is 11.6 Å². The van der Waals surface area contributed by atoms with E-state index >= 15 is 0 Å². The third kappa shape index (κ3) is 3.61. The first-order valence-corrected chi connectivity index (χ1v) is 9.33. The van der Waals surface area contributed by atoms with Gasteiger partial charge in [0.25, 0.3) is 5.89 Å². The molecule has 2 aliphatic rings. The van der Waals surface area contributed by atoms with Gasteiger partial charge in [-0.05, 0) is 45.7 Å². The van der Waals surface area contributed by atoms with Crippen molar-refractivity contribution < 1.29 is 13.9 Å². The fourth-order valence-electron chi connectivity index (χ4n) is 3.83. The average Bonchev–Trinajstić information content (AvgIpc) is 3.14. The van der Waals surface area contributed by atoms with Crippen LogP contribution in [0.2, 0.25) is 0 Å². The summed E-state index contributed by atoms with van der Waals surface area (Å²) >= 11 is 0. The zero-order valence-corrected chi connectivity index (χ0v) is 16.2. The van der Waals surface area contributed by atoms with Gasteiger partial charge in [0.1, 0.15) is 11.3 Å². The van der Waals surface area contributed by atoms with Gasteiger partial charge in [-0.1, -0.05) is 0 Å². The van der Waals surface area contributed by atoms with Crippen molar-refractivity contribution in [1.29, 1.82) is 0 Å². The first kappa shape index (κ1) is 17.8. The Hall–Kier alpha value is -2.64. The number of hydrogen-bond donors (Lipinski definition) is 0. The normalized spacial score (nSPS) is 22.2. The quantitative estimate of drug-likeness (QED) is 0.802. The lowest BCUT2D eigenvalue weighted by Gasteiger charge is -2.42. The zero-order valence-electron chi connectivity index (χ0n) is 16.2. The molecule has 4 rings (SSSR count). The number of anilines is 1. The maximum absolute atomic E-state index is 12.6. The summed E-state index contributed by atoms with van der Waals surface area (Å²) in [5, 5.41) is 7.84. The number of piperazine rings is 1. The van der Waals surface area contributed by atoms with Gasteiger partial charge in [-0.3, -0.25) is 4.90 Å². The van der Waals surface area contributed by atoms with E-state index in [0.29, 0.717) is 17.5 Å². The fourth-order valence-corrected chi connectivity index (χ4v) is 3.83. The molecule has 2 bridgehead atoms. The molecule has 2 saturated heterocycles. The summed E-state index contributed by atoms with van der Waals surface area (Å²) in [7, 11) is 0. The molecule has 0 saturated carbocycles. The number of aromatic nitrogens is 3. The maximum atomic E-state index is 12.6. The van der Waals surface area contributed by atoms with Gasteiger partial charge in [0.2, 0.25) is 5.89 Å². The van der Waals surface area contributed by atoms with E-state index in [9.17, 15) is 4.79 Å². The molecule has 0 aromatic carbocycles. The maximum Gasteiger partial charge on any atom is 0.410 e. The summed E-state index contributed by atoms with van der Waals surface area (Å²) < 4.78 is 11.0. The van der Waals surface area contributed by atoms with Crippen LogP contribution in [0, 0.1) is 6.92 Å². The van der Waals surface area contributed by atoms with Crippen molar-refractivity contribution in [2.75, 3.05) is 18.0 Å². The minimum atomic E-state index is -0.472. The summed E-state index contributed by atoms with van der Waals surface area (Å²) in [4.78, 5) is 21.3. The van der Waals surface area contributed by atoms with E-state index in [0.717, 1.165) is 31.6 Å². The van der Waals surface area contributed by atoms with Gasteiger partial charge in [0.15, 0.2) is 0 Å². The lowest BCUT2D eigenvalue weighted by atomic mass is 10.1. The van der Waals surface area contributed by atoms with Gasteiger partial charge in [-0.2, -0.15) is 0 Å². The molecule has 2 fully saturated rings. The Morgan fingerprint density at radius 2 is 1.89 bits per heavy atom. The van der Waals surface area contributed by atoms with E-state index in [-0.39, 0.29) is 18.2 Å². The van der Waals surface area contributed by atoms with Gasteiger partial charge >= 0.3 is 6.09 Å². The van der Waals surface area contributed by atoms with E-state index in [1.165, 1.54) is 0 Å². The molecule has 4 heterocycles. The summed E-state index contributed by atoms with van der Waals surface area (Å²) in [6, 6.07) is 4.27. The predicted molar refractivity (Wildman–Crippen MR) is 99.4 cm³/mol. The van der Waals surface area contributed by atoms with Gasteiger partial charge in [0.05, 0.1) is 24.0 Å². The van der Waals surface area contributed by atoms with E-state index in [4.69, 9.17) is 9.15 Å². The van der Waals surface area contributed by atoms with E-state index in [1.807, 2.05) is 44.0 Å². The van der Waals surface area contributed by atoms with Gasteiger partial charge < -0.3 is 14.1 Å². The standard InChI is InChI=1S/C19H25N5O3/c1-12-21-22-17(26-12)16-8-7-13(9-20-16)23-10-14-5-6-15(11-23)24(14)18(25)27-19(2,3)4/h7-9,14-15H,5-6,10-11H2,1-4H3. The van der Waals surface area contributed by atoms with Crippen molar-refractivity contribution in [2.45, 2.75) is 58.2 Å². The van der Waals surface area contributed by atoms with Crippen LogP contribution < -0.4 is 4.90 Å². The smallest absolute Gasteiger partial charge is 0.410 e. The summed E-state index contributed by atoms with van der Waals surface area (Å²) in [6.07, 6.45) is 3.65. The van der Waals surface area contributed by atoms with Gasteiger partial charge in [-0.15, -0.1) is 10.2 Å². The lowest BCUT2D eigenvalue weighted by Crippen LogP contribution is -2.56. The highest BCUT2D eigenvalue weighted by Crippen LogP contribution is 2.34. The molecule has 1 amide bonds. The van der Waals surface area contributed by atoms with Crippen LogP contribution in [-0.4, -0.2) is 56.9 Å². The van der Waals surface area contributed by atoms with Crippen LogP contribution in [0.4, 0.5) is 10.5 Å². The average molecular weight is 371 g/mol. The number of carbonyl (C=O) groups is 1. The first-order chi connectivity index (χ1) is 12.8. The van der Waals surface area contributed by atoms with E-state index in [2.05, 4.69) is 20.1 Å². The van der Waals surface area contributed by atoms with E-state index < -0.39 is 5.60 Å². The Labute approximate surface area is 158 Å². The molecule has 8 nitrogen and oxygen atoms in total. The van der Waals surface area contributed by atoms with Crippen LogP contribution in [0.3, 0.4) is 0 Å². The highest BCUT2D eigenvalue weighted by molar-refractivity contribution is 5.70. The zero-order chi connectivity index (χ0) is 19.2. The number of hydrogen-bond acceptors (Lipinski definition) is 7. The second kappa shape index (κ2) is 6.51. The molecular weight excluding hydrogens is 346 g/mol. The van der Waals surface area contributed by atoms with Crippen LogP contribution >= 0.6 is 0 Å². The molecule has 2 atom stereocenters. The highest BCUT2D eigenvalue weighted by Gasteiger charge is 2.44. The number of nitrogens with zero attached hydrogens (tertiary/aromatic N) is 5. The molecule has 0 radical (unpaired) electrons. The molecule has 0 N–H and O–H groups in total. The van der Waals surface area contributed by atoms with Crippen molar-refractivity contribution in [3.63, 3.8) is 0 Å². The third-order valence-electron chi connectivity index (χ3n) is 4.94. The van der Waals surface area contributed by atoms with Crippen molar-refractivity contribution in [3.8, 4) is 11.6 Å². The number of fused-ring (bicyclic) bond motifs is 2. The first-order valence-electron chi connectivity index (χ1n) is 9.33. The largest absolute Gasteiger partial charge is 0.444 e. The lowest BCUT2D eigenvalue weighted by molar-refractivity contribution is 0.0123. The number of ether oxygens (including phenoxy) is 1. The monoisotopic (exact) mass is 371 g/mol. The second-order valence-corrected chi connectivity index (χ2v) is 8.21. The summed E-state index contributed by atoms with van der Waals surface area (Å²) in [5.41, 5.74) is 1.23. The van der Waals surface area contributed by atoms with Crippen LogP contribution in [0.15, 0.2) is 22.7 Å². The Balaban J connectivity index is 1.46. The molecule has 0 aliphatic carbocycles. The Kier molecular flexibility index (Phi) is 4.28. The number of pyridine rings is 1. The Bertz CT molecular complexity index is 813. The molecule has 2 aromatic heterocycles. The number of rotatable bonds is 2. The number of aryl methyl sites for hydroxylation is 1. The fraction of sp³-hybridized carbons (Fsp3) is 0.579. The Morgan fingerprint density at radius 3 is 2.41 bits per heavy atom. The SMILES string of the molecule is Cc1nnc(-c2ccc(N3CC4CCC(C3)N4C(=O)OC(C)(C)C)cn2)o1. The topological polar surface area (TPSA) is 84.6 Å². The molecule has 2 aromatic rings. The van der Waals surface area contributed by atoms with Crippen LogP contribution in [-0.2, 0) is 4.74 Å². The molecular formula is C19H25N5O3. The molecule has 0 spiro atoms. The molecule has 2 aliphatic heterocycles. The predicted octanol–water partition coefficient (Wildman–Crippen LogP) is 3.03. The molecule has 8 heteroatoms. The van der Waals surface area contributed by atoms with Crippen molar-refractivity contribution >= 4 is 11.8 Å². The summed E-state index contributed by atoms with van der Waals surface area (Å²) in [6.45, 7) is 9.04. The van der Waals surface area contributed by atoms with Crippen LogP contribution in [0.1, 0.15) is 39.5 Å². The van der Waals surface area contributed by atoms with Crippen molar-refractivity contribution in [3.05, 3.63) is 24.2 Å². The summed E-state index contributed by atoms with van der Waals surface area (Å²) in [5.74, 6) is 0.944. The van der Waals surface area contributed by atoms with E-state index in [1.54, 1.807) is 6.92 Å². The molecule has 27 heavy (non-hydrogen) atoms. The van der Waals surface area contributed by atoms with Crippen molar-refractivity contribution in [1.82, 2.24) is 20.1 Å². The van der Waals surface area contributed by atoms with Gasteiger partial charge in [-0.25, -0.2) is 9.78 Å². The highest BCUT2D eigenvalue weighted by atomic mass is 16.6. The molecule has 144 valence electrons. The second-order valence-electron chi connectivity index (χ2n) is 8.21. The number of amides is 1. The Morgan fingerprint density at radius 1 is 1.19 bits per heavy atom. The van der Waals surface area contributed by atoms with Crippen LogP contribution in [0.5, 0.6) is 0 Å².